The van der Waals surface area contributed by atoms with Crippen molar-refractivity contribution < 1.29 is 14.4 Å². The Hall–Kier alpha value is -3.16. The molecule has 1 saturated carbocycles. The van der Waals surface area contributed by atoms with Gasteiger partial charge in [0.05, 0.1) is 27.8 Å². The van der Waals surface area contributed by atoms with E-state index in [0.717, 1.165) is 23.1 Å². The van der Waals surface area contributed by atoms with E-state index < -0.39 is 10.7 Å². The van der Waals surface area contributed by atoms with Crippen molar-refractivity contribution in [3.05, 3.63) is 93.4 Å². The number of hydrogen-bond donors (Lipinski definition) is 1. The van der Waals surface area contributed by atoms with Crippen LogP contribution in [0.15, 0.2) is 60.8 Å². The first kappa shape index (κ1) is 21.1. The molecule has 2 aromatic carbocycles. The van der Waals surface area contributed by atoms with Crippen LogP contribution in [0.3, 0.4) is 0 Å². The van der Waals surface area contributed by atoms with Gasteiger partial charge in [-0.1, -0.05) is 24.3 Å². The first-order chi connectivity index (χ1) is 15.0. The van der Waals surface area contributed by atoms with E-state index in [9.17, 15) is 14.5 Å². The largest absolute Gasteiger partial charge is 0.392 e. The highest BCUT2D eigenvalue weighted by molar-refractivity contribution is 7.22. The number of hydrogen-bond acceptors (Lipinski definition) is 5. The molecule has 31 heavy (non-hydrogen) atoms. The lowest BCUT2D eigenvalue weighted by molar-refractivity contribution is -0.385. The summed E-state index contributed by atoms with van der Waals surface area (Å²) in [6.45, 7) is 1.65. The van der Waals surface area contributed by atoms with E-state index in [1.54, 1.807) is 6.92 Å². The number of rotatable bonds is 4. The molecule has 0 saturated heterocycles. The van der Waals surface area contributed by atoms with Gasteiger partial charge >= 0.3 is 0 Å². The Morgan fingerprint density at radius 2 is 1.90 bits per heavy atom. The number of nitro benzene ring substituents is 1. The van der Waals surface area contributed by atoms with Gasteiger partial charge in [0.2, 0.25) is 0 Å². The number of halogens is 1. The topological polar surface area (TPSA) is 76.3 Å². The van der Waals surface area contributed by atoms with Gasteiger partial charge in [0.15, 0.2) is 0 Å². The minimum absolute atomic E-state index is 0.0973. The normalized spacial score (nSPS) is 13.0. The van der Waals surface area contributed by atoms with Crippen LogP contribution in [0, 0.1) is 22.9 Å². The lowest BCUT2D eigenvalue weighted by atomic mass is 10.1. The minimum Gasteiger partial charge on any atom is -0.392 e. The second kappa shape index (κ2) is 8.91. The average Bonchev–Trinajstić information content (AvgIpc) is 3.53. The van der Waals surface area contributed by atoms with Gasteiger partial charge in [-0.2, -0.15) is 0 Å². The average molecular weight is 437 g/mol. The van der Waals surface area contributed by atoms with Crippen LogP contribution in [0.25, 0.3) is 20.7 Å². The summed E-state index contributed by atoms with van der Waals surface area (Å²) in [7, 11) is 0. The Balaban J connectivity index is 0.000000180. The zero-order valence-electron chi connectivity index (χ0n) is 16.9. The van der Waals surface area contributed by atoms with Crippen LogP contribution >= 0.6 is 11.3 Å². The number of aliphatic hydroxyl groups excluding tert-OH is 1. The first-order valence-corrected chi connectivity index (χ1v) is 10.8. The van der Waals surface area contributed by atoms with Gasteiger partial charge in [0.1, 0.15) is 5.82 Å². The zero-order chi connectivity index (χ0) is 22.0. The van der Waals surface area contributed by atoms with Crippen molar-refractivity contribution in [3.8, 4) is 10.4 Å². The molecule has 5 rings (SSSR count). The summed E-state index contributed by atoms with van der Waals surface area (Å²) in [4.78, 5) is 15.2. The van der Waals surface area contributed by atoms with E-state index in [1.165, 1.54) is 45.7 Å². The number of non-ortho nitro benzene ring substituents is 1. The maximum Gasteiger partial charge on any atom is 0.272 e. The number of aryl methyl sites for hydroxylation is 1. The van der Waals surface area contributed by atoms with E-state index in [-0.39, 0.29) is 12.3 Å². The molecule has 1 aliphatic rings. The highest BCUT2D eigenvalue weighted by Crippen LogP contribution is 2.45. The van der Waals surface area contributed by atoms with Gasteiger partial charge in [-0.05, 0) is 66.1 Å². The molecule has 0 amide bonds. The van der Waals surface area contributed by atoms with Crippen LogP contribution in [0.2, 0.25) is 0 Å². The second-order valence-corrected chi connectivity index (χ2v) is 8.60. The molecule has 2 aromatic heterocycles. The van der Waals surface area contributed by atoms with Gasteiger partial charge in [0, 0.05) is 17.1 Å². The van der Waals surface area contributed by atoms with Crippen LogP contribution < -0.4 is 0 Å². The molecule has 4 aromatic rings. The smallest absolute Gasteiger partial charge is 0.272 e. The maximum absolute atomic E-state index is 12.6. The van der Waals surface area contributed by atoms with Crippen molar-refractivity contribution >= 4 is 27.2 Å². The fourth-order valence-corrected chi connectivity index (χ4v) is 4.50. The predicted molar refractivity (Wildman–Crippen MR) is 121 cm³/mol. The Kier molecular flexibility index (Phi) is 6.06. The molecular weight excluding hydrogens is 415 g/mol. The van der Waals surface area contributed by atoms with Gasteiger partial charge in [0.25, 0.3) is 5.69 Å². The number of pyridine rings is 1. The second-order valence-electron chi connectivity index (χ2n) is 7.55. The van der Waals surface area contributed by atoms with Crippen LogP contribution in [-0.4, -0.2) is 15.0 Å². The molecule has 0 spiro atoms. The molecule has 1 fully saturated rings. The van der Waals surface area contributed by atoms with Crippen LogP contribution in [0.5, 0.6) is 0 Å². The fourth-order valence-electron chi connectivity index (χ4n) is 3.29. The summed E-state index contributed by atoms with van der Waals surface area (Å²) in [6.07, 6.45) is 4.57. The van der Waals surface area contributed by atoms with Crippen molar-refractivity contribution in [1.82, 2.24) is 4.98 Å². The third-order valence-corrected chi connectivity index (χ3v) is 6.47. The molecule has 0 atom stereocenters. The number of benzene rings is 2. The molecule has 0 bridgehead atoms. The first-order valence-electron chi connectivity index (χ1n) is 9.95. The predicted octanol–water partition coefficient (Wildman–Crippen LogP) is 6.38. The number of nitrogens with zero attached hydrogens (tertiary/aromatic N) is 2. The van der Waals surface area contributed by atoms with Crippen LogP contribution in [0.4, 0.5) is 10.1 Å². The summed E-state index contributed by atoms with van der Waals surface area (Å²) in [5.74, 6) is 0.211. The summed E-state index contributed by atoms with van der Waals surface area (Å²) in [5.41, 5.74) is 4.93. The molecule has 7 heteroatoms. The SMILES string of the molecule is Cc1ccc([N+](=O)[O-])cc1F.OCc1ccc(-c2cc3nccc(C4CC4)c3s2)cc1. The Labute approximate surface area is 183 Å². The Morgan fingerprint density at radius 3 is 2.52 bits per heavy atom. The minimum atomic E-state index is -0.622. The molecule has 0 unspecified atom stereocenters. The summed E-state index contributed by atoms with van der Waals surface area (Å²) in [6, 6.07) is 16.0. The lowest BCUT2D eigenvalue weighted by Gasteiger charge is -1.99. The molecule has 2 heterocycles. The van der Waals surface area contributed by atoms with E-state index in [4.69, 9.17) is 5.11 Å². The quantitative estimate of drug-likeness (QED) is 0.298. The molecule has 158 valence electrons. The number of aliphatic hydroxyl groups is 1. The number of aromatic nitrogens is 1. The standard InChI is InChI=1S/C17H15NOS.C7H6FNO2/c19-10-11-1-3-13(4-2-11)16-9-15-17(20-16)14(7-8-18-15)12-5-6-12;1-5-2-3-6(9(10)11)4-7(5)8/h1-4,7-9,12,19H,5-6,10H2;2-4H,1H3. The molecule has 0 radical (unpaired) electrons. The molecule has 1 N–H and O–H groups in total. The molecule has 1 aliphatic carbocycles. The fraction of sp³-hybridized carbons (Fsp3) is 0.208. The summed E-state index contributed by atoms with van der Waals surface area (Å²) >= 11 is 1.83. The zero-order valence-corrected chi connectivity index (χ0v) is 17.7. The summed E-state index contributed by atoms with van der Waals surface area (Å²) in [5, 5.41) is 19.2. The van der Waals surface area contributed by atoms with Crippen molar-refractivity contribution in [2.75, 3.05) is 0 Å². The third-order valence-electron chi connectivity index (χ3n) is 5.25. The Morgan fingerprint density at radius 1 is 1.16 bits per heavy atom. The van der Waals surface area contributed by atoms with Crippen LogP contribution in [-0.2, 0) is 6.61 Å². The van der Waals surface area contributed by atoms with Gasteiger partial charge in [-0.25, -0.2) is 4.39 Å². The number of fused-ring (bicyclic) bond motifs is 1. The molecular formula is C24H21FN2O3S. The lowest BCUT2D eigenvalue weighted by Crippen LogP contribution is -1.89. The van der Waals surface area contributed by atoms with Crippen molar-refractivity contribution in [1.29, 1.82) is 0 Å². The Bertz CT molecular complexity index is 1230. The molecule has 5 nitrogen and oxygen atoms in total. The third kappa shape index (κ3) is 4.78. The van der Waals surface area contributed by atoms with Gasteiger partial charge in [-0.15, -0.1) is 11.3 Å². The van der Waals surface area contributed by atoms with E-state index >= 15 is 0 Å². The van der Waals surface area contributed by atoms with Crippen molar-refractivity contribution in [2.24, 2.45) is 0 Å². The van der Waals surface area contributed by atoms with Crippen LogP contribution in [0.1, 0.15) is 35.4 Å². The molecule has 0 aliphatic heterocycles. The monoisotopic (exact) mass is 436 g/mol. The van der Waals surface area contributed by atoms with Crippen molar-refractivity contribution in [3.63, 3.8) is 0 Å². The van der Waals surface area contributed by atoms with E-state index in [1.807, 2.05) is 29.7 Å². The highest BCUT2D eigenvalue weighted by Gasteiger charge is 2.26. The maximum atomic E-state index is 12.6. The summed E-state index contributed by atoms with van der Waals surface area (Å²) < 4.78 is 14.0. The van der Waals surface area contributed by atoms with Crippen molar-refractivity contribution in [2.45, 2.75) is 32.3 Å². The van der Waals surface area contributed by atoms with E-state index in [2.05, 4.69) is 29.2 Å². The van der Waals surface area contributed by atoms with E-state index in [0.29, 0.717) is 5.56 Å². The highest BCUT2D eigenvalue weighted by atomic mass is 32.1. The van der Waals surface area contributed by atoms with Gasteiger partial charge in [-0.3, -0.25) is 15.1 Å². The number of thiophene rings is 1. The number of nitro groups is 1. The van der Waals surface area contributed by atoms with Gasteiger partial charge < -0.3 is 5.11 Å².